The summed E-state index contributed by atoms with van der Waals surface area (Å²) >= 11 is 0. The lowest BCUT2D eigenvalue weighted by atomic mass is 9.82. The molecule has 2 atom stereocenters. The molecular weight excluding hydrogens is 477 g/mol. The second kappa shape index (κ2) is 11.2. The molecule has 2 aromatic rings. The number of hydrogen-bond donors (Lipinski definition) is 1. The van der Waals surface area contributed by atoms with Crippen molar-refractivity contribution in [3.63, 3.8) is 0 Å². The first-order valence-electron chi connectivity index (χ1n) is 11.4. The summed E-state index contributed by atoms with van der Waals surface area (Å²) in [6, 6.07) is 5.98. The molecule has 0 bridgehead atoms. The highest BCUT2D eigenvalue weighted by molar-refractivity contribution is 6.09. The Bertz CT molecular complexity index is 1180. The normalized spacial score (nSPS) is 19.4. The van der Waals surface area contributed by atoms with Gasteiger partial charge in [-0.3, -0.25) is 9.69 Å². The minimum absolute atomic E-state index is 0.0826. The number of allylic oxidation sites excluding steroid dienone is 2. The van der Waals surface area contributed by atoms with E-state index in [9.17, 15) is 18.0 Å². The smallest absolute Gasteiger partial charge is 0.331 e. The van der Waals surface area contributed by atoms with Gasteiger partial charge in [0.2, 0.25) is 0 Å². The van der Waals surface area contributed by atoms with Gasteiger partial charge in [0.1, 0.15) is 23.6 Å². The molecule has 0 radical (unpaired) electrons. The fraction of sp³-hybridized carbons (Fsp3) is 0.333. The molecule has 0 saturated carbocycles. The number of benzene rings is 2. The highest BCUT2D eigenvalue weighted by Crippen LogP contribution is 2.42. The number of hydrogen-bond acceptors (Lipinski definition) is 4. The summed E-state index contributed by atoms with van der Waals surface area (Å²) < 4.78 is 70.7. The van der Waals surface area contributed by atoms with E-state index >= 15 is 8.78 Å². The molecule has 4 nitrogen and oxygen atoms in total. The van der Waals surface area contributed by atoms with E-state index in [0.717, 1.165) is 36.2 Å². The summed E-state index contributed by atoms with van der Waals surface area (Å²) in [5, 5.41) is 0. The average molecular weight is 506 g/mol. The standard InChI is InChI=1S/C27H28F5N3O/c1-16-9-19-12-18(20(13-33)14-34-26(30)31)6-7-21(19)25(35(16)15-27(2,3)32)24-22(28)10-17(5-4-8-36)11-23(24)29/h4-8,10-14,16,25-26H,9,15,33H2,1-3H3/b5-4+,20-13?,34-14?/t16?,25-/m1/s1. The van der Waals surface area contributed by atoms with Gasteiger partial charge in [-0.15, -0.1) is 0 Å². The number of alkyl halides is 3. The van der Waals surface area contributed by atoms with E-state index in [1.54, 1.807) is 23.1 Å². The molecule has 2 N–H and O–H groups in total. The van der Waals surface area contributed by atoms with E-state index in [4.69, 9.17) is 5.73 Å². The van der Waals surface area contributed by atoms with Crippen molar-refractivity contribution in [1.29, 1.82) is 0 Å². The Labute approximate surface area is 207 Å². The average Bonchev–Trinajstić information content (AvgIpc) is 2.78. The van der Waals surface area contributed by atoms with Gasteiger partial charge in [-0.05, 0) is 67.7 Å². The van der Waals surface area contributed by atoms with Gasteiger partial charge in [-0.1, -0.05) is 24.3 Å². The van der Waals surface area contributed by atoms with Crippen molar-refractivity contribution in [2.45, 2.75) is 51.5 Å². The Morgan fingerprint density at radius 3 is 2.44 bits per heavy atom. The number of nitrogens with two attached hydrogens (primary N) is 1. The van der Waals surface area contributed by atoms with Crippen LogP contribution in [0.5, 0.6) is 0 Å². The SMILES string of the molecule is CC1Cc2cc(C(C=NC(F)F)=CN)ccc2[C@H](c2c(F)cc(/C=C/C=O)cc2F)N1CC(C)(C)F. The van der Waals surface area contributed by atoms with E-state index in [1.165, 1.54) is 19.9 Å². The monoisotopic (exact) mass is 505 g/mol. The van der Waals surface area contributed by atoms with Crippen molar-refractivity contribution in [2.24, 2.45) is 10.7 Å². The Morgan fingerprint density at radius 2 is 1.89 bits per heavy atom. The van der Waals surface area contributed by atoms with Gasteiger partial charge in [-0.25, -0.2) is 18.2 Å². The van der Waals surface area contributed by atoms with E-state index in [2.05, 4.69) is 4.99 Å². The van der Waals surface area contributed by atoms with Crippen LogP contribution in [0.4, 0.5) is 22.0 Å². The zero-order valence-electron chi connectivity index (χ0n) is 20.2. The summed E-state index contributed by atoms with van der Waals surface area (Å²) in [7, 11) is 0. The predicted octanol–water partition coefficient (Wildman–Crippen LogP) is 5.85. The van der Waals surface area contributed by atoms with Crippen LogP contribution in [-0.4, -0.2) is 42.2 Å². The van der Waals surface area contributed by atoms with Crippen LogP contribution in [0, 0.1) is 11.6 Å². The molecule has 1 aliphatic heterocycles. The fourth-order valence-electron chi connectivity index (χ4n) is 4.56. The van der Waals surface area contributed by atoms with E-state index < -0.39 is 29.9 Å². The number of fused-ring (bicyclic) bond motifs is 1. The van der Waals surface area contributed by atoms with Crippen LogP contribution in [-0.2, 0) is 11.2 Å². The van der Waals surface area contributed by atoms with Crippen LogP contribution in [0.3, 0.4) is 0 Å². The first-order valence-corrected chi connectivity index (χ1v) is 11.4. The molecule has 192 valence electrons. The number of aldehydes is 1. The van der Waals surface area contributed by atoms with Crippen molar-refractivity contribution in [3.8, 4) is 0 Å². The van der Waals surface area contributed by atoms with Gasteiger partial charge in [0.25, 0.3) is 0 Å². The Morgan fingerprint density at radius 1 is 1.22 bits per heavy atom. The minimum atomic E-state index is -2.89. The molecule has 0 aliphatic carbocycles. The van der Waals surface area contributed by atoms with Crippen molar-refractivity contribution in [2.75, 3.05) is 6.54 Å². The Kier molecular flexibility index (Phi) is 8.45. The maximum atomic E-state index is 15.4. The second-order valence-electron chi connectivity index (χ2n) is 9.33. The van der Waals surface area contributed by atoms with Crippen LogP contribution in [0.1, 0.15) is 54.6 Å². The lowest BCUT2D eigenvalue weighted by molar-refractivity contribution is -0.104. The number of aliphatic imine (C=N–C) groups is 1. The summed E-state index contributed by atoms with van der Waals surface area (Å²) in [6.07, 6.45) is 5.48. The topological polar surface area (TPSA) is 58.7 Å². The fourth-order valence-corrected chi connectivity index (χ4v) is 4.56. The van der Waals surface area contributed by atoms with Crippen LogP contribution in [0.2, 0.25) is 0 Å². The summed E-state index contributed by atoms with van der Waals surface area (Å²) in [5.41, 5.74) is 5.98. The van der Waals surface area contributed by atoms with Crippen molar-refractivity contribution in [1.82, 2.24) is 4.90 Å². The molecule has 0 spiro atoms. The Hall–Kier alpha value is -3.33. The molecular formula is C27H28F5N3O. The zero-order valence-corrected chi connectivity index (χ0v) is 20.2. The molecule has 1 aliphatic rings. The molecule has 1 heterocycles. The number of rotatable bonds is 8. The van der Waals surface area contributed by atoms with Gasteiger partial charge in [0, 0.05) is 36.1 Å². The lowest BCUT2D eigenvalue weighted by Gasteiger charge is -2.44. The zero-order chi connectivity index (χ0) is 26.6. The van der Waals surface area contributed by atoms with Crippen molar-refractivity contribution >= 4 is 24.1 Å². The molecule has 9 heteroatoms. The third-order valence-electron chi connectivity index (χ3n) is 5.99. The van der Waals surface area contributed by atoms with Gasteiger partial charge in [0.15, 0.2) is 0 Å². The first-order chi connectivity index (χ1) is 16.9. The number of carbonyl (C=O) groups excluding carboxylic acids is 1. The summed E-state index contributed by atoms with van der Waals surface area (Å²) in [4.78, 5) is 15.4. The van der Waals surface area contributed by atoms with E-state index in [0.29, 0.717) is 23.8 Å². The maximum Gasteiger partial charge on any atom is 0.331 e. The second-order valence-corrected chi connectivity index (χ2v) is 9.33. The van der Waals surface area contributed by atoms with E-state index in [1.807, 2.05) is 6.92 Å². The maximum absolute atomic E-state index is 15.4. The molecule has 0 saturated heterocycles. The number of halogens is 5. The molecule has 0 aromatic heterocycles. The van der Waals surface area contributed by atoms with Crippen molar-refractivity contribution < 1.29 is 26.7 Å². The summed E-state index contributed by atoms with van der Waals surface area (Å²) in [6.45, 7) is 1.66. The van der Waals surface area contributed by atoms with Gasteiger partial charge < -0.3 is 5.73 Å². The third kappa shape index (κ3) is 6.26. The molecule has 0 amide bonds. The predicted molar refractivity (Wildman–Crippen MR) is 131 cm³/mol. The highest BCUT2D eigenvalue weighted by Gasteiger charge is 2.39. The van der Waals surface area contributed by atoms with Crippen LogP contribution >= 0.6 is 0 Å². The largest absolute Gasteiger partial charge is 0.404 e. The molecule has 2 aromatic carbocycles. The summed E-state index contributed by atoms with van der Waals surface area (Å²) in [5.74, 6) is -1.66. The van der Waals surface area contributed by atoms with Gasteiger partial charge >= 0.3 is 6.55 Å². The third-order valence-corrected chi connectivity index (χ3v) is 5.99. The van der Waals surface area contributed by atoms with Gasteiger partial charge in [-0.2, -0.15) is 8.78 Å². The minimum Gasteiger partial charge on any atom is -0.404 e. The molecule has 1 unspecified atom stereocenters. The van der Waals surface area contributed by atoms with Gasteiger partial charge in [0.05, 0.1) is 6.04 Å². The first kappa shape index (κ1) is 27.3. The Balaban J connectivity index is 2.18. The number of nitrogens with zero attached hydrogens (tertiary/aromatic N) is 2. The highest BCUT2D eigenvalue weighted by atomic mass is 19.3. The molecule has 36 heavy (non-hydrogen) atoms. The quantitative estimate of drug-likeness (QED) is 0.161. The molecule has 3 rings (SSSR count). The van der Waals surface area contributed by atoms with Crippen LogP contribution < -0.4 is 5.73 Å². The van der Waals surface area contributed by atoms with Crippen molar-refractivity contribution in [3.05, 3.63) is 82.1 Å². The van der Waals surface area contributed by atoms with Crippen LogP contribution in [0.25, 0.3) is 11.6 Å². The van der Waals surface area contributed by atoms with Crippen LogP contribution in [0.15, 0.2) is 47.6 Å². The number of carbonyl (C=O) groups is 1. The van der Waals surface area contributed by atoms with E-state index in [-0.39, 0.29) is 29.3 Å². The molecule has 0 fully saturated rings. The lowest BCUT2D eigenvalue weighted by Crippen LogP contribution is -2.48.